The lowest BCUT2D eigenvalue weighted by Gasteiger charge is -2.39. The predicted octanol–water partition coefficient (Wildman–Crippen LogP) is 5.78. The van der Waals surface area contributed by atoms with Gasteiger partial charge in [0.05, 0.1) is 19.1 Å². The Labute approximate surface area is 229 Å². The third-order valence-electron chi connectivity index (χ3n) is 7.47. The summed E-state index contributed by atoms with van der Waals surface area (Å²) in [5, 5.41) is 3.25. The van der Waals surface area contributed by atoms with Crippen LogP contribution in [0.2, 0.25) is 0 Å². The molecule has 1 aliphatic heterocycles. The third-order valence-corrected chi connectivity index (χ3v) is 8.16. The molecule has 2 atom stereocenters. The van der Waals surface area contributed by atoms with Gasteiger partial charge in [0.25, 0.3) is 0 Å². The van der Waals surface area contributed by atoms with Crippen molar-refractivity contribution in [2.75, 3.05) is 25.5 Å². The van der Waals surface area contributed by atoms with E-state index in [2.05, 4.69) is 26.2 Å². The molecule has 1 N–H and O–H groups in total. The standard InChI is InChI=1S/C28H31BrFN3O5/c1-36-27(35)18-8-11-20(12-9-18)38-28(30,33-14-4-5-15-33)26(34)25(32-22-7-3-2-6-21(22)29)19-10-13-23-24(16-19)37-17-31-23/h2-3,6-7,10,13,16-18,20,25,32H,4-5,8-9,11-12,14-15H2,1H3. The Morgan fingerprint density at radius 3 is 2.61 bits per heavy atom. The maximum absolute atomic E-state index is 17.2. The van der Waals surface area contributed by atoms with Crippen LogP contribution in [0.5, 0.6) is 0 Å². The second-order valence-electron chi connectivity index (χ2n) is 9.87. The molecule has 0 spiro atoms. The molecule has 1 aliphatic carbocycles. The van der Waals surface area contributed by atoms with Crippen LogP contribution in [0.3, 0.4) is 0 Å². The van der Waals surface area contributed by atoms with Crippen LogP contribution in [0.15, 0.2) is 57.7 Å². The van der Waals surface area contributed by atoms with Crippen molar-refractivity contribution in [3.63, 3.8) is 0 Å². The first-order valence-corrected chi connectivity index (χ1v) is 13.8. The number of nitrogens with zero attached hydrogens (tertiary/aromatic N) is 2. The number of esters is 1. The number of benzene rings is 2. The molecule has 0 amide bonds. The Kier molecular flexibility index (Phi) is 8.11. The summed E-state index contributed by atoms with van der Waals surface area (Å²) in [7, 11) is 1.37. The molecule has 202 valence electrons. The van der Waals surface area contributed by atoms with Crippen LogP contribution < -0.4 is 5.32 Å². The van der Waals surface area contributed by atoms with Crippen LogP contribution >= 0.6 is 15.9 Å². The molecule has 2 aliphatic rings. The number of alkyl halides is 1. The number of ether oxygens (including phenoxy) is 2. The number of hydrogen-bond donors (Lipinski definition) is 1. The number of carbonyl (C=O) groups excluding carboxylic acids is 2. The van der Waals surface area contributed by atoms with Gasteiger partial charge in [0, 0.05) is 23.2 Å². The van der Waals surface area contributed by atoms with E-state index in [4.69, 9.17) is 13.9 Å². The molecule has 2 unspecified atom stereocenters. The quantitative estimate of drug-likeness (QED) is 0.249. The fourth-order valence-corrected chi connectivity index (χ4v) is 5.76. The number of halogens is 2. The SMILES string of the molecule is COC(=O)C1CCC(OC(F)(C(=O)C(Nc2ccccc2Br)c2ccc3ncoc3c2)N2CCCC2)CC1. The Hall–Kier alpha value is -2.82. The van der Waals surface area contributed by atoms with Gasteiger partial charge in [-0.1, -0.05) is 18.2 Å². The van der Waals surface area contributed by atoms with Crippen molar-refractivity contribution in [2.24, 2.45) is 5.92 Å². The fraction of sp³-hybridized carbons (Fsp3) is 0.464. The van der Waals surface area contributed by atoms with Gasteiger partial charge in [-0.05, 0) is 84.3 Å². The molecule has 38 heavy (non-hydrogen) atoms. The minimum Gasteiger partial charge on any atom is -0.469 e. The number of ketones is 1. The van der Waals surface area contributed by atoms with Crippen molar-refractivity contribution >= 4 is 44.5 Å². The second-order valence-corrected chi connectivity index (χ2v) is 10.7. The van der Waals surface area contributed by atoms with Gasteiger partial charge in [-0.25, -0.2) is 9.88 Å². The number of Topliss-reactive ketones (excluding diaryl/α,β-unsaturated/α-hetero) is 1. The van der Waals surface area contributed by atoms with Gasteiger partial charge < -0.3 is 19.2 Å². The number of nitrogens with one attached hydrogen (secondary N) is 1. The van der Waals surface area contributed by atoms with Crippen LogP contribution in [-0.2, 0) is 19.1 Å². The maximum Gasteiger partial charge on any atom is 0.332 e. The van der Waals surface area contributed by atoms with Crippen LogP contribution in [0.25, 0.3) is 11.1 Å². The first-order chi connectivity index (χ1) is 18.4. The smallest absolute Gasteiger partial charge is 0.332 e. The molecular formula is C28H31BrFN3O5. The number of para-hydroxylation sites is 1. The summed E-state index contributed by atoms with van der Waals surface area (Å²) in [6.45, 7) is 0.839. The van der Waals surface area contributed by atoms with Crippen molar-refractivity contribution in [1.82, 2.24) is 9.88 Å². The molecule has 3 aromatic rings. The first-order valence-electron chi connectivity index (χ1n) is 13.0. The molecule has 1 aromatic heterocycles. The summed E-state index contributed by atoms with van der Waals surface area (Å²) >= 11 is 3.52. The van der Waals surface area contributed by atoms with Gasteiger partial charge in [0.2, 0.25) is 5.78 Å². The number of aromatic nitrogens is 1. The molecule has 0 bridgehead atoms. The highest BCUT2D eigenvalue weighted by molar-refractivity contribution is 9.10. The lowest BCUT2D eigenvalue weighted by Crippen LogP contribution is -2.56. The van der Waals surface area contributed by atoms with E-state index in [0.29, 0.717) is 61.1 Å². The normalized spacial score (nSPS) is 22.6. The van der Waals surface area contributed by atoms with E-state index in [0.717, 1.165) is 17.3 Å². The van der Waals surface area contributed by atoms with Gasteiger partial charge in [-0.15, -0.1) is 0 Å². The zero-order valence-electron chi connectivity index (χ0n) is 21.2. The van der Waals surface area contributed by atoms with Crippen LogP contribution in [0.4, 0.5) is 10.1 Å². The number of fused-ring (bicyclic) bond motifs is 1. The van der Waals surface area contributed by atoms with Crippen LogP contribution in [0, 0.1) is 5.92 Å². The number of likely N-dealkylation sites (tertiary alicyclic amines) is 1. The average Bonchev–Trinajstić information content (AvgIpc) is 3.65. The number of methoxy groups -OCH3 is 1. The number of oxazole rings is 1. The largest absolute Gasteiger partial charge is 0.469 e. The molecule has 5 rings (SSSR count). The third kappa shape index (κ3) is 5.48. The van der Waals surface area contributed by atoms with E-state index in [1.165, 1.54) is 18.4 Å². The Morgan fingerprint density at radius 2 is 1.89 bits per heavy atom. The number of hydrogen-bond acceptors (Lipinski definition) is 8. The summed E-state index contributed by atoms with van der Waals surface area (Å²) in [6.07, 6.45) is 4.41. The predicted molar refractivity (Wildman–Crippen MR) is 143 cm³/mol. The van der Waals surface area contributed by atoms with E-state index in [-0.39, 0.29) is 11.9 Å². The highest BCUT2D eigenvalue weighted by atomic mass is 79.9. The molecule has 2 heterocycles. The fourth-order valence-electron chi connectivity index (χ4n) is 5.36. The highest BCUT2D eigenvalue weighted by Crippen LogP contribution is 2.38. The summed E-state index contributed by atoms with van der Waals surface area (Å²) in [4.78, 5) is 31.9. The minimum atomic E-state index is -2.64. The number of carbonyl (C=O) groups is 2. The molecular weight excluding hydrogens is 557 g/mol. The molecule has 2 aromatic carbocycles. The second kappa shape index (κ2) is 11.5. The lowest BCUT2D eigenvalue weighted by molar-refractivity contribution is -0.253. The first kappa shape index (κ1) is 26.8. The molecule has 10 heteroatoms. The minimum absolute atomic E-state index is 0.227. The van der Waals surface area contributed by atoms with Gasteiger partial charge in [0.1, 0.15) is 11.6 Å². The summed E-state index contributed by atoms with van der Waals surface area (Å²) in [6, 6.07) is 11.5. The summed E-state index contributed by atoms with van der Waals surface area (Å²) < 4.78 is 34.4. The van der Waals surface area contributed by atoms with E-state index in [1.54, 1.807) is 18.2 Å². The van der Waals surface area contributed by atoms with Crippen molar-refractivity contribution < 1.29 is 27.9 Å². The van der Waals surface area contributed by atoms with Crippen molar-refractivity contribution in [3.05, 3.63) is 58.9 Å². The molecule has 2 fully saturated rings. The topological polar surface area (TPSA) is 93.9 Å². The van der Waals surface area contributed by atoms with Crippen molar-refractivity contribution in [1.29, 1.82) is 0 Å². The van der Waals surface area contributed by atoms with E-state index < -0.39 is 23.9 Å². The molecule has 1 saturated heterocycles. The van der Waals surface area contributed by atoms with Gasteiger partial charge in [-0.2, -0.15) is 4.39 Å². The average molecular weight is 588 g/mol. The number of anilines is 1. The number of rotatable bonds is 9. The molecule has 0 radical (unpaired) electrons. The highest BCUT2D eigenvalue weighted by Gasteiger charge is 2.52. The molecule has 1 saturated carbocycles. The van der Waals surface area contributed by atoms with Gasteiger partial charge in [-0.3, -0.25) is 9.59 Å². The van der Waals surface area contributed by atoms with Crippen molar-refractivity contribution in [2.45, 2.75) is 56.6 Å². The zero-order chi connectivity index (χ0) is 26.7. The van der Waals surface area contributed by atoms with Crippen LogP contribution in [-0.4, -0.2) is 53.9 Å². The van der Waals surface area contributed by atoms with Gasteiger partial charge >= 0.3 is 11.9 Å². The van der Waals surface area contributed by atoms with E-state index >= 15 is 4.39 Å². The maximum atomic E-state index is 17.2. The van der Waals surface area contributed by atoms with Crippen LogP contribution in [0.1, 0.15) is 50.1 Å². The lowest BCUT2D eigenvalue weighted by atomic mass is 9.87. The van der Waals surface area contributed by atoms with E-state index in [1.807, 2.05) is 24.3 Å². The van der Waals surface area contributed by atoms with Crippen molar-refractivity contribution in [3.8, 4) is 0 Å². The molecule has 8 nitrogen and oxygen atoms in total. The summed E-state index contributed by atoms with van der Waals surface area (Å²) in [5.74, 6) is -3.86. The van der Waals surface area contributed by atoms with Gasteiger partial charge in [0.15, 0.2) is 12.0 Å². The monoisotopic (exact) mass is 587 g/mol. The summed E-state index contributed by atoms with van der Waals surface area (Å²) in [5.41, 5.74) is 2.33. The Balaban J connectivity index is 1.47. The Bertz CT molecular complexity index is 1290. The zero-order valence-corrected chi connectivity index (χ0v) is 22.8. The Morgan fingerprint density at radius 1 is 1.16 bits per heavy atom. The van der Waals surface area contributed by atoms with E-state index in [9.17, 15) is 9.59 Å².